The quantitative estimate of drug-likeness (QED) is 0.135. The molecule has 9 nitrogen and oxygen atoms in total. The molecule has 0 radical (unpaired) electrons. The zero-order chi connectivity index (χ0) is 27.7. The minimum Gasteiger partial charge on any atom is -0.476 e. The first kappa shape index (κ1) is 28.4. The average Bonchev–Trinajstić information content (AvgIpc) is 2.87. The lowest BCUT2D eigenvalue weighted by Crippen LogP contribution is -2.28. The number of nitrogens with one attached hydrogen (secondary N) is 3. The second-order valence-corrected chi connectivity index (χ2v) is 8.60. The highest BCUT2D eigenvalue weighted by atomic mass is 16.4. The van der Waals surface area contributed by atoms with Gasteiger partial charge in [0.15, 0.2) is 5.69 Å². The molecule has 0 spiro atoms. The fourth-order valence-corrected chi connectivity index (χ4v) is 3.11. The van der Waals surface area contributed by atoms with Crippen LogP contribution in [-0.2, 0) is 4.79 Å². The number of amidine groups is 1. The van der Waals surface area contributed by atoms with Gasteiger partial charge in [0.2, 0.25) is 0 Å². The summed E-state index contributed by atoms with van der Waals surface area (Å²) in [7, 11) is 0. The zero-order valence-corrected chi connectivity index (χ0v) is 21.1. The average molecular weight is 502 g/mol. The number of carbonyl (C=O) groups is 3. The van der Waals surface area contributed by atoms with E-state index in [9.17, 15) is 19.5 Å². The second-order valence-electron chi connectivity index (χ2n) is 8.60. The summed E-state index contributed by atoms with van der Waals surface area (Å²) in [5.41, 5.74) is 7.19. The maximum absolute atomic E-state index is 13.1. The number of nitrogens with two attached hydrogens (primary N) is 1. The van der Waals surface area contributed by atoms with Crippen LogP contribution in [-0.4, -0.2) is 40.3 Å². The lowest BCUT2D eigenvalue weighted by molar-refractivity contribution is -0.112. The maximum Gasteiger partial charge on any atom is 0.355 e. The van der Waals surface area contributed by atoms with E-state index in [0.717, 1.165) is 0 Å². The predicted octanol–water partition coefficient (Wildman–Crippen LogP) is 4.16. The summed E-state index contributed by atoms with van der Waals surface area (Å²) in [5.74, 6) is -2.23. The monoisotopic (exact) mass is 501 g/mol. The first-order chi connectivity index (χ1) is 17.4. The van der Waals surface area contributed by atoms with Crippen LogP contribution in [0.25, 0.3) is 5.57 Å². The fourth-order valence-electron chi connectivity index (χ4n) is 3.11. The van der Waals surface area contributed by atoms with Crippen LogP contribution in [0, 0.1) is 11.3 Å². The second kappa shape index (κ2) is 12.8. The summed E-state index contributed by atoms with van der Waals surface area (Å²) in [6.45, 7) is 13.3. The Kier molecular flexibility index (Phi) is 9.83. The van der Waals surface area contributed by atoms with Crippen molar-refractivity contribution in [1.82, 2.24) is 10.3 Å². The Balaban J connectivity index is 2.56. The van der Waals surface area contributed by atoms with Gasteiger partial charge in [0.05, 0.1) is 0 Å². The third-order valence-electron chi connectivity index (χ3n) is 5.22. The largest absolute Gasteiger partial charge is 0.476 e. The Morgan fingerprint density at radius 2 is 1.78 bits per heavy atom. The summed E-state index contributed by atoms with van der Waals surface area (Å²) >= 11 is 0. The van der Waals surface area contributed by atoms with Crippen molar-refractivity contribution >= 4 is 34.9 Å². The van der Waals surface area contributed by atoms with Crippen molar-refractivity contribution in [3.63, 3.8) is 0 Å². The molecule has 0 aliphatic carbocycles. The van der Waals surface area contributed by atoms with Crippen molar-refractivity contribution in [2.24, 2.45) is 11.7 Å². The number of benzene rings is 1. The van der Waals surface area contributed by atoms with Gasteiger partial charge in [-0.2, -0.15) is 0 Å². The van der Waals surface area contributed by atoms with Gasteiger partial charge in [0, 0.05) is 28.9 Å². The number of pyridine rings is 1. The lowest BCUT2D eigenvalue weighted by atomic mass is 9.96. The van der Waals surface area contributed by atoms with Crippen LogP contribution in [0.5, 0.6) is 0 Å². The van der Waals surface area contributed by atoms with Gasteiger partial charge in [-0.25, -0.2) is 9.78 Å². The van der Waals surface area contributed by atoms with E-state index >= 15 is 0 Å². The summed E-state index contributed by atoms with van der Waals surface area (Å²) in [4.78, 5) is 41.8. The molecular formula is C28H31N5O4. The molecule has 0 aliphatic heterocycles. The molecule has 0 saturated carbocycles. The number of rotatable bonds is 11. The van der Waals surface area contributed by atoms with Crippen LogP contribution in [0.4, 0.5) is 5.69 Å². The molecule has 6 N–H and O–H groups in total. The number of anilines is 1. The minimum atomic E-state index is -1.35. The van der Waals surface area contributed by atoms with Gasteiger partial charge in [0.25, 0.3) is 11.8 Å². The van der Waals surface area contributed by atoms with Crippen LogP contribution < -0.4 is 16.4 Å². The van der Waals surface area contributed by atoms with Crippen LogP contribution in [0.2, 0.25) is 0 Å². The van der Waals surface area contributed by atoms with Crippen molar-refractivity contribution in [2.45, 2.75) is 20.8 Å². The van der Waals surface area contributed by atoms with E-state index in [2.05, 4.69) is 28.8 Å². The highest BCUT2D eigenvalue weighted by molar-refractivity contribution is 6.11. The number of nitrogens with zero attached hydrogens (tertiary/aromatic N) is 1. The van der Waals surface area contributed by atoms with Crippen LogP contribution in [0.1, 0.15) is 52.9 Å². The number of aromatic nitrogens is 1. The number of carboxylic acid groups (broad SMARTS) is 1. The topological polar surface area (TPSA) is 158 Å². The Morgan fingerprint density at radius 3 is 2.32 bits per heavy atom. The van der Waals surface area contributed by atoms with E-state index in [1.165, 1.54) is 18.2 Å². The molecule has 0 aliphatic rings. The molecule has 0 unspecified atom stereocenters. The van der Waals surface area contributed by atoms with E-state index in [-0.39, 0.29) is 39.9 Å². The number of carbonyl (C=O) groups excluding carboxylic acids is 2. The Labute approximate surface area is 216 Å². The molecule has 2 amide bonds. The zero-order valence-electron chi connectivity index (χ0n) is 21.1. The number of nitrogen functional groups attached to an aromatic ring is 1. The normalized spacial score (nSPS) is 11.6. The number of carboxylic acids is 1. The van der Waals surface area contributed by atoms with Gasteiger partial charge in [-0.15, -0.1) is 0 Å². The summed E-state index contributed by atoms with van der Waals surface area (Å²) in [5, 5.41) is 22.8. The Hall–Kier alpha value is -4.79. The smallest absolute Gasteiger partial charge is 0.355 e. The first-order valence-electron chi connectivity index (χ1n) is 11.4. The molecule has 2 aromatic rings. The third-order valence-corrected chi connectivity index (χ3v) is 5.22. The molecule has 2 rings (SSSR count). The SMILES string of the molecule is C=CC(=C)/C=C\C(=C(/C)C(=O)Nc1ccc(C(=N)N)cc1)c1ccc(C(=O)NCC(C)C)nc1C(=O)O. The highest BCUT2D eigenvalue weighted by Gasteiger charge is 2.21. The Bertz CT molecular complexity index is 1300. The van der Waals surface area contributed by atoms with Crippen molar-refractivity contribution in [3.8, 4) is 0 Å². The molecule has 0 saturated heterocycles. The highest BCUT2D eigenvalue weighted by Crippen LogP contribution is 2.26. The lowest BCUT2D eigenvalue weighted by Gasteiger charge is -2.14. The van der Waals surface area contributed by atoms with Gasteiger partial charge in [-0.1, -0.05) is 45.2 Å². The molecule has 1 aromatic heterocycles. The molecule has 1 aromatic carbocycles. The van der Waals surface area contributed by atoms with E-state index in [1.807, 2.05) is 13.8 Å². The molecule has 192 valence electrons. The number of allylic oxidation sites excluding steroid dienone is 5. The van der Waals surface area contributed by atoms with Crippen molar-refractivity contribution in [1.29, 1.82) is 5.41 Å². The first-order valence-corrected chi connectivity index (χ1v) is 11.4. The summed E-state index contributed by atoms with van der Waals surface area (Å²) < 4.78 is 0. The van der Waals surface area contributed by atoms with Gasteiger partial charge < -0.3 is 21.5 Å². The molecule has 9 heteroatoms. The number of amides is 2. The van der Waals surface area contributed by atoms with Gasteiger partial charge in [-0.05, 0) is 60.4 Å². The number of aromatic carboxylic acids is 1. The number of hydrogen-bond acceptors (Lipinski definition) is 5. The van der Waals surface area contributed by atoms with Crippen molar-refractivity contribution in [3.05, 3.63) is 101 Å². The molecule has 0 fully saturated rings. The molecule has 0 bridgehead atoms. The van der Waals surface area contributed by atoms with Gasteiger partial charge >= 0.3 is 5.97 Å². The fraction of sp³-hybridized carbons (Fsp3) is 0.179. The minimum absolute atomic E-state index is 0.0479. The molecule has 0 atom stereocenters. The predicted molar refractivity (Wildman–Crippen MR) is 146 cm³/mol. The summed E-state index contributed by atoms with van der Waals surface area (Å²) in [6, 6.07) is 9.27. The molecular weight excluding hydrogens is 470 g/mol. The van der Waals surface area contributed by atoms with Crippen LogP contribution in [0.3, 0.4) is 0 Å². The summed E-state index contributed by atoms with van der Waals surface area (Å²) in [6.07, 6.45) is 4.66. The van der Waals surface area contributed by atoms with E-state index in [0.29, 0.717) is 23.4 Å². The van der Waals surface area contributed by atoms with Crippen LogP contribution in [0.15, 0.2) is 78.9 Å². The van der Waals surface area contributed by atoms with E-state index in [4.69, 9.17) is 11.1 Å². The van der Waals surface area contributed by atoms with Gasteiger partial charge in [0.1, 0.15) is 11.5 Å². The van der Waals surface area contributed by atoms with E-state index in [1.54, 1.807) is 43.3 Å². The van der Waals surface area contributed by atoms with E-state index < -0.39 is 17.8 Å². The van der Waals surface area contributed by atoms with Crippen molar-refractivity contribution in [2.75, 3.05) is 11.9 Å². The standard InChI is InChI=1S/C28H31N5O4/c1-6-17(4)7-12-21(18(5)26(34)32-20-10-8-19(9-11-20)25(29)30)22-13-14-23(33-24(22)28(36)37)27(35)31-15-16(2)3/h6-14,16H,1,4,15H2,2-3,5H3,(H3,29,30)(H,31,35)(H,32,34)(H,36,37)/b12-7-,21-18-. The Morgan fingerprint density at radius 1 is 1.14 bits per heavy atom. The molecule has 37 heavy (non-hydrogen) atoms. The number of hydrogen-bond donors (Lipinski definition) is 5. The maximum atomic E-state index is 13.1. The van der Waals surface area contributed by atoms with Gasteiger partial charge in [-0.3, -0.25) is 15.0 Å². The third kappa shape index (κ3) is 7.86. The van der Waals surface area contributed by atoms with Crippen molar-refractivity contribution < 1.29 is 19.5 Å². The van der Waals surface area contributed by atoms with Crippen LogP contribution >= 0.6 is 0 Å². The molecule has 1 heterocycles.